The quantitative estimate of drug-likeness (QED) is 0.825. The first-order valence-corrected chi connectivity index (χ1v) is 7.78. The van der Waals surface area contributed by atoms with Gasteiger partial charge in [0.1, 0.15) is 0 Å². The molecule has 0 aromatic heterocycles. The van der Waals surface area contributed by atoms with Gasteiger partial charge in [-0.1, -0.05) is 18.7 Å². The minimum Gasteiger partial charge on any atom is -0.365 e. The molecule has 1 aromatic carbocycles. The maximum Gasteiger partial charge on any atom is 0.416 e. The normalized spacial score (nSPS) is 17.9. The van der Waals surface area contributed by atoms with Crippen LogP contribution < -0.4 is 5.32 Å². The number of nitrogens with one attached hydrogen (secondary N) is 1. The lowest BCUT2D eigenvalue weighted by atomic mass is 10.1. The fourth-order valence-electron chi connectivity index (χ4n) is 2.43. The van der Waals surface area contributed by atoms with Crippen molar-refractivity contribution in [3.8, 4) is 0 Å². The van der Waals surface area contributed by atoms with Crippen LogP contribution in [0.25, 0.3) is 0 Å². The predicted molar refractivity (Wildman–Crippen MR) is 86.0 cm³/mol. The molecule has 0 saturated carbocycles. The van der Waals surface area contributed by atoms with E-state index in [1.54, 1.807) is 24.3 Å². The topological polar surface area (TPSA) is 58.6 Å². The summed E-state index contributed by atoms with van der Waals surface area (Å²) in [6.45, 7) is 2.94. The Balaban J connectivity index is 1.85. The summed E-state index contributed by atoms with van der Waals surface area (Å²) in [6.07, 6.45) is -4.71. The first-order valence-electron chi connectivity index (χ1n) is 7.78. The van der Waals surface area contributed by atoms with E-state index in [0.717, 1.165) is 11.6 Å². The Morgan fingerprint density at radius 1 is 1.32 bits per heavy atom. The van der Waals surface area contributed by atoms with Crippen LogP contribution in [0.1, 0.15) is 12.0 Å². The summed E-state index contributed by atoms with van der Waals surface area (Å²) < 4.78 is 42.7. The van der Waals surface area contributed by atoms with Gasteiger partial charge in [0.05, 0.1) is 13.2 Å². The largest absolute Gasteiger partial charge is 0.416 e. The highest BCUT2D eigenvalue weighted by Gasteiger charge is 2.44. The van der Waals surface area contributed by atoms with Gasteiger partial charge in [0.2, 0.25) is 11.8 Å². The Kier molecular flexibility index (Phi) is 6.19. The van der Waals surface area contributed by atoms with Crippen molar-refractivity contribution < 1.29 is 27.5 Å². The maximum atomic E-state index is 12.7. The van der Waals surface area contributed by atoms with Gasteiger partial charge < -0.3 is 15.0 Å². The second-order valence-electron chi connectivity index (χ2n) is 5.63. The number of benzene rings is 1. The van der Waals surface area contributed by atoms with E-state index in [2.05, 4.69) is 16.6 Å². The molecule has 1 saturated heterocycles. The maximum absolute atomic E-state index is 12.7. The summed E-state index contributed by atoms with van der Waals surface area (Å²) in [4.78, 5) is 24.5. The summed E-state index contributed by atoms with van der Waals surface area (Å²) in [6, 6.07) is 6.89. The Morgan fingerprint density at radius 3 is 2.60 bits per heavy atom. The van der Waals surface area contributed by atoms with Crippen LogP contribution in [-0.4, -0.2) is 48.7 Å². The van der Waals surface area contributed by atoms with Crippen molar-refractivity contribution in [2.24, 2.45) is 0 Å². The van der Waals surface area contributed by atoms with Crippen molar-refractivity contribution in [1.29, 1.82) is 0 Å². The van der Waals surface area contributed by atoms with E-state index in [4.69, 9.17) is 0 Å². The molecule has 2 rings (SSSR count). The second-order valence-corrected chi connectivity index (χ2v) is 5.63. The lowest BCUT2D eigenvalue weighted by Gasteiger charge is -2.33. The fraction of sp³-hybridized carbons (Fsp3) is 0.412. The fourth-order valence-corrected chi connectivity index (χ4v) is 2.43. The number of morpholine rings is 1. The summed E-state index contributed by atoms with van der Waals surface area (Å²) in [5.74, 6) is -0.656. The molecule has 1 N–H and O–H groups in total. The van der Waals surface area contributed by atoms with Gasteiger partial charge in [-0.3, -0.25) is 9.59 Å². The van der Waals surface area contributed by atoms with Gasteiger partial charge in [-0.15, -0.1) is 0 Å². The van der Waals surface area contributed by atoms with Gasteiger partial charge in [0, 0.05) is 18.7 Å². The smallest absolute Gasteiger partial charge is 0.365 e. The van der Waals surface area contributed by atoms with Crippen LogP contribution in [0.5, 0.6) is 0 Å². The number of anilines is 1. The molecule has 1 aliphatic heterocycles. The molecule has 1 aromatic rings. The highest BCUT2D eigenvalue weighted by molar-refractivity contribution is 5.98. The van der Waals surface area contributed by atoms with Crippen LogP contribution >= 0.6 is 0 Å². The minimum atomic E-state index is -4.47. The van der Waals surface area contributed by atoms with Crippen LogP contribution in [0, 0.1) is 0 Å². The van der Waals surface area contributed by atoms with E-state index in [9.17, 15) is 22.8 Å². The van der Waals surface area contributed by atoms with Gasteiger partial charge in [0.15, 0.2) is 6.10 Å². The highest BCUT2D eigenvalue weighted by atomic mass is 19.4. The molecule has 136 valence electrons. The average Bonchev–Trinajstić information content (AvgIpc) is 2.60. The number of halogens is 3. The van der Waals surface area contributed by atoms with Crippen LogP contribution in [0.2, 0.25) is 0 Å². The Hall–Kier alpha value is -2.35. The van der Waals surface area contributed by atoms with E-state index >= 15 is 0 Å². The van der Waals surface area contributed by atoms with Crippen molar-refractivity contribution in [3.63, 3.8) is 0 Å². The molecule has 1 heterocycles. The van der Waals surface area contributed by atoms with E-state index in [1.165, 1.54) is 4.90 Å². The van der Waals surface area contributed by atoms with E-state index in [-0.39, 0.29) is 31.4 Å². The zero-order valence-electron chi connectivity index (χ0n) is 13.5. The summed E-state index contributed by atoms with van der Waals surface area (Å²) in [7, 11) is 0. The van der Waals surface area contributed by atoms with Gasteiger partial charge in [-0.2, -0.15) is 13.2 Å². The lowest BCUT2D eigenvalue weighted by Crippen LogP contribution is -2.51. The summed E-state index contributed by atoms with van der Waals surface area (Å²) >= 11 is 0. The molecule has 25 heavy (non-hydrogen) atoms. The molecule has 1 unspecified atom stereocenters. The van der Waals surface area contributed by atoms with Gasteiger partial charge in [0.25, 0.3) is 0 Å². The third kappa shape index (κ3) is 5.60. The number of ether oxygens (including phenoxy) is 1. The third-order valence-corrected chi connectivity index (χ3v) is 3.82. The monoisotopic (exact) mass is 356 g/mol. The molecule has 5 nitrogen and oxygen atoms in total. The van der Waals surface area contributed by atoms with Gasteiger partial charge in [-0.05, 0) is 30.2 Å². The van der Waals surface area contributed by atoms with Gasteiger partial charge in [-0.25, -0.2) is 0 Å². The van der Waals surface area contributed by atoms with Crippen molar-refractivity contribution in [2.45, 2.75) is 25.1 Å². The summed E-state index contributed by atoms with van der Waals surface area (Å²) in [5, 5.41) is 2.60. The van der Waals surface area contributed by atoms with Crippen LogP contribution in [0.3, 0.4) is 0 Å². The SMILES string of the molecule is C=CC(=O)Nc1ccc(CCC(=O)N2CCOC(C(F)(F)F)C2)cc1. The van der Waals surface area contributed by atoms with Crippen molar-refractivity contribution in [3.05, 3.63) is 42.5 Å². The first-order chi connectivity index (χ1) is 11.8. The molecule has 0 aliphatic carbocycles. The molecule has 8 heteroatoms. The molecule has 1 fully saturated rings. The predicted octanol–water partition coefficient (Wildman–Crippen LogP) is 2.53. The van der Waals surface area contributed by atoms with E-state index in [1.807, 2.05) is 0 Å². The second kappa shape index (κ2) is 8.15. The number of hydrogen-bond donors (Lipinski definition) is 1. The van der Waals surface area contributed by atoms with E-state index < -0.39 is 18.8 Å². The third-order valence-electron chi connectivity index (χ3n) is 3.82. The molecule has 2 amide bonds. The number of carbonyl (C=O) groups is 2. The summed E-state index contributed by atoms with van der Waals surface area (Å²) in [5.41, 5.74) is 1.45. The standard InChI is InChI=1S/C17H19F3N2O3/c1-2-15(23)21-13-6-3-12(4-7-13)5-8-16(24)22-9-10-25-14(11-22)17(18,19)20/h2-4,6-7,14H,1,5,8-11H2,(H,21,23). The molecule has 1 atom stereocenters. The van der Waals surface area contributed by atoms with Crippen molar-refractivity contribution >= 4 is 17.5 Å². The Bertz CT molecular complexity index is 629. The van der Waals surface area contributed by atoms with Crippen molar-refractivity contribution in [1.82, 2.24) is 4.90 Å². The average molecular weight is 356 g/mol. The molecular formula is C17H19F3N2O3. The van der Waals surface area contributed by atoms with Crippen LogP contribution in [0.15, 0.2) is 36.9 Å². The highest BCUT2D eigenvalue weighted by Crippen LogP contribution is 2.26. The number of aryl methyl sites for hydroxylation is 1. The lowest BCUT2D eigenvalue weighted by molar-refractivity contribution is -0.236. The zero-order valence-corrected chi connectivity index (χ0v) is 13.5. The molecule has 0 bridgehead atoms. The zero-order chi connectivity index (χ0) is 18.4. The number of rotatable bonds is 5. The Labute approximate surface area is 143 Å². The molecule has 0 radical (unpaired) electrons. The van der Waals surface area contributed by atoms with Crippen LogP contribution in [0.4, 0.5) is 18.9 Å². The minimum absolute atomic E-state index is 0.114. The first kappa shape index (κ1) is 19.0. The van der Waals surface area contributed by atoms with E-state index in [0.29, 0.717) is 12.1 Å². The van der Waals surface area contributed by atoms with Gasteiger partial charge >= 0.3 is 6.18 Å². The van der Waals surface area contributed by atoms with Crippen molar-refractivity contribution in [2.75, 3.05) is 25.0 Å². The van der Waals surface area contributed by atoms with Crippen LogP contribution in [-0.2, 0) is 20.7 Å². The number of amides is 2. The number of alkyl halides is 3. The molecule has 1 aliphatic rings. The number of hydrogen-bond acceptors (Lipinski definition) is 3. The molecule has 0 spiro atoms. The number of carbonyl (C=O) groups excluding carboxylic acids is 2. The number of nitrogens with zero attached hydrogens (tertiary/aromatic N) is 1. The molecular weight excluding hydrogens is 337 g/mol. The Morgan fingerprint density at radius 2 is 2.00 bits per heavy atom.